The summed E-state index contributed by atoms with van der Waals surface area (Å²) in [5.41, 5.74) is -9.31. The number of fused-ring (bicyclic) bond motifs is 1. The first-order valence-electron chi connectivity index (χ1n) is 11.6. The number of aromatic amines is 1. The molecule has 1 saturated heterocycles. The number of hydrogen-bond acceptors (Lipinski definition) is 13. The number of nitrogens with zero attached hydrogens (tertiary/aromatic N) is 1. The third-order valence-corrected chi connectivity index (χ3v) is 7.37. The van der Waals surface area contributed by atoms with E-state index in [0.29, 0.717) is 4.57 Å². The van der Waals surface area contributed by atoms with Crippen LogP contribution in [0.4, 0.5) is 4.39 Å². The van der Waals surface area contributed by atoms with Crippen molar-refractivity contribution in [2.24, 2.45) is 10.8 Å². The van der Waals surface area contributed by atoms with E-state index in [0.717, 1.165) is 19.2 Å². The minimum absolute atomic E-state index is 0.633. The van der Waals surface area contributed by atoms with Crippen LogP contribution in [-0.2, 0) is 41.9 Å². The van der Waals surface area contributed by atoms with Crippen molar-refractivity contribution in [3.63, 3.8) is 0 Å². The van der Waals surface area contributed by atoms with Crippen molar-refractivity contribution in [1.29, 1.82) is 0 Å². The van der Waals surface area contributed by atoms with E-state index in [1.807, 2.05) is 4.98 Å². The van der Waals surface area contributed by atoms with Gasteiger partial charge in [-0.15, -0.1) is 0 Å². The fourth-order valence-electron chi connectivity index (χ4n) is 3.63. The summed E-state index contributed by atoms with van der Waals surface area (Å²) in [5, 5.41) is 22.1. The lowest BCUT2D eigenvalue weighted by Gasteiger charge is -2.32. The molecule has 0 bridgehead atoms. The second kappa shape index (κ2) is 9.87. The third kappa shape index (κ3) is 5.59. The highest BCUT2D eigenvalue weighted by molar-refractivity contribution is 7.48. The molecule has 39 heavy (non-hydrogen) atoms. The van der Waals surface area contributed by atoms with Gasteiger partial charge in [-0.25, -0.2) is 22.8 Å². The predicted molar refractivity (Wildman–Crippen MR) is 126 cm³/mol. The number of ether oxygens (including phenoxy) is 3. The summed E-state index contributed by atoms with van der Waals surface area (Å²) < 4.78 is 59.6. The Balaban J connectivity index is 1.81. The number of esters is 2. The standard InChI is InChI=1S/C22H32FN2O13P/c1-18(2,3)15(27)33-10-35-39(32,36-11-34-16(28)19(4,5)6)38-13-21(31)20(7,30)14(37-22(13,21)23)25-9-8-12(26)24-17(25)29/h8-9,13-14,30-31H,10-11H2,1-7H3,(H,24,26,29)/t13-,14-,20+,21+,22-/m1/s1. The van der Waals surface area contributed by atoms with Crippen LogP contribution in [0.25, 0.3) is 0 Å². The van der Waals surface area contributed by atoms with Crippen molar-refractivity contribution in [3.05, 3.63) is 33.1 Å². The van der Waals surface area contributed by atoms with E-state index in [4.69, 9.17) is 27.8 Å². The van der Waals surface area contributed by atoms with Crippen LogP contribution in [0.3, 0.4) is 0 Å². The molecule has 1 aliphatic carbocycles. The molecule has 0 amide bonds. The van der Waals surface area contributed by atoms with Gasteiger partial charge in [0.2, 0.25) is 13.6 Å². The maximum atomic E-state index is 15.8. The van der Waals surface area contributed by atoms with E-state index in [9.17, 15) is 34.0 Å². The highest BCUT2D eigenvalue weighted by atomic mass is 31.2. The molecule has 2 fully saturated rings. The number of rotatable bonds is 9. The lowest BCUT2D eigenvalue weighted by molar-refractivity contribution is -0.185. The molecule has 5 atom stereocenters. The number of H-pyrrole nitrogens is 1. The van der Waals surface area contributed by atoms with Crippen LogP contribution in [0.15, 0.2) is 21.9 Å². The summed E-state index contributed by atoms with van der Waals surface area (Å²) in [7, 11) is -4.99. The van der Waals surface area contributed by atoms with Crippen molar-refractivity contribution >= 4 is 19.8 Å². The number of carbonyl (C=O) groups excluding carboxylic acids is 2. The molecule has 0 radical (unpaired) electrons. The zero-order valence-corrected chi connectivity index (χ0v) is 23.3. The van der Waals surface area contributed by atoms with Gasteiger partial charge in [-0.05, 0) is 48.5 Å². The molecular formula is C22H32FN2O13P. The first-order chi connectivity index (χ1) is 17.6. The number of nitrogens with one attached hydrogen (secondary N) is 1. The lowest BCUT2D eigenvalue weighted by Crippen LogP contribution is -2.51. The molecule has 17 heteroatoms. The van der Waals surface area contributed by atoms with Crippen molar-refractivity contribution < 1.29 is 56.5 Å². The van der Waals surface area contributed by atoms with Crippen LogP contribution >= 0.6 is 7.82 Å². The van der Waals surface area contributed by atoms with Crippen molar-refractivity contribution in [2.45, 2.75) is 77.9 Å². The molecule has 15 nitrogen and oxygen atoms in total. The van der Waals surface area contributed by atoms with E-state index in [2.05, 4.69) is 0 Å². The number of aliphatic hydroxyl groups is 2. The fourth-order valence-corrected chi connectivity index (χ4v) is 4.74. The van der Waals surface area contributed by atoms with Crippen molar-refractivity contribution in [1.82, 2.24) is 9.55 Å². The van der Waals surface area contributed by atoms with Gasteiger partial charge in [-0.3, -0.25) is 28.5 Å². The van der Waals surface area contributed by atoms with E-state index in [1.165, 1.54) is 41.5 Å². The van der Waals surface area contributed by atoms with Gasteiger partial charge in [0.05, 0.1) is 10.8 Å². The molecule has 2 aliphatic rings. The smallest absolute Gasteiger partial charge is 0.437 e. The Morgan fingerprint density at radius 3 is 1.95 bits per heavy atom. The maximum Gasteiger partial charge on any atom is 0.481 e. The molecular weight excluding hydrogens is 550 g/mol. The minimum atomic E-state index is -4.99. The topological polar surface area (TPSA) is 202 Å². The van der Waals surface area contributed by atoms with Crippen LogP contribution in [-0.4, -0.2) is 68.4 Å². The maximum absolute atomic E-state index is 15.8. The number of halogens is 1. The highest BCUT2D eigenvalue weighted by Crippen LogP contribution is 2.72. The van der Waals surface area contributed by atoms with Crippen molar-refractivity contribution in [2.75, 3.05) is 13.6 Å². The Morgan fingerprint density at radius 1 is 1.08 bits per heavy atom. The van der Waals surface area contributed by atoms with Crippen LogP contribution in [0.5, 0.6) is 0 Å². The number of phosphoric ester groups is 1. The molecule has 0 aromatic carbocycles. The summed E-state index contributed by atoms with van der Waals surface area (Å²) in [6, 6.07) is 0.904. The average molecular weight is 582 g/mol. The quantitative estimate of drug-likeness (QED) is 0.210. The molecule has 1 aromatic heterocycles. The monoisotopic (exact) mass is 582 g/mol. The molecule has 2 heterocycles. The largest absolute Gasteiger partial charge is 0.481 e. The van der Waals surface area contributed by atoms with E-state index in [-0.39, 0.29) is 0 Å². The van der Waals surface area contributed by atoms with Gasteiger partial charge in [0.1, 0.15) is 5.60 Å². The van der Waals surface area contributed by atoms with E-state index >= 15 is 4.39 Å². The Kier molecular flexibility index (Phi) is 7.86. The van der Waals surface area contributed by atoms with Gasteiger partial charge in [-0.2, -0.15) is 0 Å². The number of hydrogen-bond donors (Lipinski definition) is 3. The van der Waals surface area contributed by atoms with Crippen LogP contribution in [0.1, 0.15) is 54.7 Å². The van der Waals surface area contributed by atoms with Gasteiger partial charge < -0.3 is 24.4 Å². The summed E-state index contributed by atoms with van der Waals surface area (Å²) in [5.74, 6) is -4.78. The van der Waals surface area contributed by atoms with Crippen LogP contribution in [0.2, 0.25) is 0 Å². The normalized spacial score (nSPS) is 30.5. The van der Waals surface area contributed by atoms with Gasteiger partial charge >= 0.3 is 25.5 Å². The Hall–Kier alpha value is -2.46. The molecule has 1 aromatic rings. The number of aromatic nitrogens is 2. The van der Waals surface area contributed by atoms with Gasteiger partial charge in [0.15, 0.2) is 17.9 Å². The zero-order chi connectivity index (χ0) is 29.8. The molecule has 3 N–H and O–H groups in total. The Morgan fingerprint density at radius 2 is 1.56 bits per heavy atom. The first kappa shape index (κ1) is 31.1. The molecule has 1 aliphatic heterocycles. The molecule has 0 spiro atoms. The second-order valence-corrected chi connectivity index (χ2v) is 13.0. The van der Waals surface area contributed by atoms with Crippen LogP contribution in [0, 0.1) is 10.8 Å². The fraction of sp³-hybridized carbons (Fsp3) is 0.727. The second-order valence-electron chi connectivity index (χ2n) is 11.3. The zero-order valence-electron chi connectivity index (χ0n) is 22.4. The summed E-state index contributed by atoms with van der Waals surface area (Å²) in [6.45, 7) is 8.11. The molecule has 220 valence electrons. The summed E-state index contributed by atoms with van der Waals surface area (Å²) in [6.07, 6.45) is -3.15. The minimum Gasteiger partial charge on any atom is -0.437 e. The first-order valence-corrected chi connectivity index (χ1v) is 13.1. The van der Waals surface area contributed by atoms with Gasteiger partial charge in [0, 0.05) is 12.3 Å². The summed E-state index contributed by atoms with van der Waals surface area (Å²) in [4.78, 5) is 49.5. The van der Waals surface area contributed by atoms with Crippen LogP contribution < -0.4 is 11.2 Å². The number of alkyl halides is 1. The van der Waals surface area contributed by atoms with Crippen molar-refractivity contribution in [3.8, 4) is 0 Å². The summed E-state index contributed by atoms with van der Waals surface area (Å²) >= 11 is 0. The SMILES string of the molecule is CC(C)(C)C(=O)OCOP(=O)(OCOC(=O)C(C)(C)C)O[C@@H]1[C@]2(O)[C@@](C)(O)[C@H](n3ccc(=O)[nH]c3=O)O[C@]12F. The predicted octanol–water partition coefficient (Wildman–Crippen LogP) is 0.847. The van der Waals surface area contributed by atoms with E-state index < -0.39 is 84.8 Å². The third-order valence-electron chi connectivity index (χ3n) is 6.05. The lowest BCUT2D eigenvalue weighted by atomic mass is 9.95. The Bertz CT molecular complexity index is 1260. The Labute approximate surface area is 221 Å². The molecule has 1 saturated carbocycles. The molecule has 3 rings (SSSR count). The highest BCUT2D eigenvalue weighted by Gasteiger charge is 2.95. The average Bonchev–Trinajstić information content (AvgIpc) is 3.18. The van der Waals surface area contributed by atoms with E-state index in [1.54, 1.807) is 0 Å². The molecule has 0 unspecified atom stereocenters. The number of phosphoric acid groups is 1. The van der Waals surface area contributed by atoms with Gasteiger partial charge in [-0.1, -0.05) is 0 Å². The number of carbonyl (C=O) groups is 2. The van der Waals surface area contributed by atoms with Gasteiger partial charge in [0.25, 0.3) is 11.4 Å².